The van der Waals surface area contributed by atoms with E-state index >= 15 is 0 Å². The Bertz CT molecular complexity index is 705. The third kappa shape index (κ3) is 3.80. The SMILES string of the molecule is O=C(OCc1ccccc1Br)c1cc([N+](=O)[O-])ccc1Cl. The molecule has 108 valence electrons. The molecule has 5 nitrogen and oxygen atoms in total. The van der Waals surface area contributed by atoms with Gasteiger partial charge in [-0.2, -0.15) is 0 Å². The fourth-order valence-electron chi connectivity index (χ4n) is 1.62. The molecule has 0 fully saturated rings. The number of halogens is 2. The molecule has 2 aromatic rings. The van der Waals surface area contributed by atoms with Gasteiger partial charge in [0.2, 0.25) is 0 Å². The van der Waals surface area contributed by atoms with E-state index in [1.165, 1.54) is 12.1 Å². The molecule has 2 aromatic carbocycles. The van der Waals surface area contributed by atoms with Crippen molar-refractivity contribution < 1.29 is 14.5 Å². The lowest BCUT2D eigenvalue weighted by molar-refractivity contribution is -0.384. The van der Waals surface area contributed by atoms with E-state index in [9.17, 15) is 14.9 Å². The van der Waals surface area contributed by atoms with Gasteiger partial charge in [0.05, 0.1) is 15.5 Å². The van der Waals surface area contributed by atoms with Crippen molar-refractivity contribution in [2.24, 2.45) is 0 Å². The summed E-state index contributed by atoms with van der Waals surface area (Å²) < 4.78 is 5.94. The largest absolute Gasteiger partial charge is 0.457 e. The molecule has 0 aliphatic heterocycles. The number of hydrogen-bond acceptors (Lipinski definition) is 4. The van der Waals surface area contributed by atoms with Crippen molar-refractivity contribution in [2.75, 3.05) is 0 Å². The van der Waals surface area contributed by atoms with E-state index in [0.29, 0.717) is 0 Å². The third-order valence-corrected chi connectivity index (χ3v) is 3.80. The monoisotopic (exact) mass is 369 g/mol. The van der Waals surface area contributed by atoms with Crippen molar-refractivity contribution in [1.82, 2.24) is 0 Å². The van der Waals surface area contributed by atoms with Crippen LogP contribution in [-0.4, -0.2) is 10.9 Å². The van der Waals surface area contributed by atoms with Crippen LogP contribution >= 0.6 is 27.5 Å². The third-order valence-electron chi connectivity index (χ3n) is 2.70. The highest BCUT2D eigenvalue weighted by Crippen LogP contribution is 2.24. The lowest BCUT2D eigenvalue weighted by Crippen LogP contribution is -2.07. The molecule has 0 bridgehead atoms. The van der Waals surface area contributed by atoms with Gasteiger partial charge in [-0.05, 0) is 12.1 Å². The first kappa shape index (κ1) is 15.5. The number of carbonyl (C=O) groups is 1. The maximum atomic E-state index is 12.0. The molecule has 0 saturated heterocycles. The molecule has 0 aliphatic rings. The summed E-state index contributed by atoms with van der Waals surface area (Å²) in [6.07, 6.45) is 0. The Labute approximate surface area is 133 Å². The molecule has 0 N–H and O–H groups in total. The van der Waals surface area contributed by atoms with Gasteiger partial charge in [-0.1, -0.05) is 45.7 Å². The number of benzene rings is 2. The van der Waals surface area contributed by atoms with E-state index in [1.807, 2.05) is 18.2 Å². The van der Waals surface area contributed by atoms with Gasteiger partial charge < -0.3 is 4.74 Å². The van der Waals surface area contributed by atoms with Crippen LogP contribution in [0.1, 0.15) is 15.9 Å². The molecular weight excluding hydrogens is 362 g/mol. The maximum absolute atomic E-state index is 12.0. The fraction of sp³-hybridized carbons (Fsp3) is 0.0714. The average Bonchev–Trinajstić information content (AvgIpc) is 2.46. The quantitative estimate of drug-likeness (QED) is 0.455. The van der Waals surface area contributed by atoms with Gasteiger partial charge in [-0.25, -0.2) is 4.79 Å². The number of esters is 1. The maximum Gasteiger partial charge on any atom is 0.340 e. The second-order valence-corrected chi connectivity index (χ2v) is 5.35. The van der Waals surface area contributed by atoms with E-state index in [4.69, 9.17) is 16.3 Å². The molecule has 0 radical (unpaired) electrons. The standard InChI is InChI=1S/C14H9BrClNO4/c15-12-4-2-1-3-9(12)8-21-14(18)11-7-10(17(19)20)5-6-13(11)16/h1-7H,8H2. The van der Waals surface area contributed by atoms with Crippen molar-refractivity contribution in [3.05, 3.63) is 73.2 Å². The number of nitrogens with zero attached hydrogens (tertiary/aromatic N) is 1. The van der Waals surface area contributed by atoms with Crippen LogP contribution in [0.4, 0.5) is 5.69 Å². The molecule has 0 unspecified atom stereocenters. The zero-order valence-electron chi connectivity index (χ0n) is 10.6. The number of nitro groups is 1. The molecular formula is C14H9BrClNO4. The molecule has 0 spiro atoms. The summed E-state index contributed by atoms with van der Waals surface area (Å²) in [5.41, 5.74) is 0.539. The number of ether oxygens (including phenoxy) is 1. The van der Waals surface area contributed by atoms with E-state index in [1.54, 1.807) is 6.07 Å². The Morgan fingerprint density at radius 1 is 1.29 bits per heavy atom. The number of hydrogen-bond donors (Lipinski definition) is 0. The van der Waals surface area contributed by atoms with Crippen LogP contribution in [0.15, 0.2) is 46.9 Å². The summed E-state index contributed by atoms with van der Waals surface area (Å²) in [6.45, 7) is 0.0409. The first-order chi connectivity index (χ1) is 9.99. The van der Waals surface area contributed by atoms with Crippen molar-refractivity contribution in [2.45, 2.75) is 6.61 Å². The Morgan fingerprint density at radius 2 is 2.00 bits per heavy atom. The van der Waals surface area contributed by atoms with Crippen LogP contribution in [-0.2, 0) is 11.3 Å². The Balaban J connectivity index is 2.15. The molecule has 0 amide bonds. The van der Waals surface area contributed by atoms with Crippen LogP contribution in [0.5, 0.6) is 0 Å². The first-order valence-electron chi connectivity index (χ1n) is 5.83. The van der Waals surface area contributed by atoms with E-state index < -0.39 is 10.9 Å². The van der Waals surface area contributed by atoms with Gasteiger partial charge in [0, 0.05) is 22.2 Å². The minimum atomic E-state index is -0.709. The summed E-state index contributed by atoms with van der Waals surface area (Å²) in [4.78, 5) is 22.1. The van der Waals surface area contributed by atoms with Gasteiger partial charge in [0.25, 0.3) is 5.69 Å². The van der Waals surface area contributed by atoms with Crippen LogP contribution in [0.2, 0.25) is 5.02 Å². The van der Waals surface area contributed by atoms with Crippen LogP contribution in [0.25, 0.3) is 0 Å². The lowest BCUT2D eigenvalue weighted by Gasteiger charge is -2.07. The summed E-state index contributed by atoms with van der Waals surface area (Å²) >= 11 is 9.22. The molecule has 7 heteroatoms. The van der Waals surface area contributed by atoms with Gasteiger partial charge in [0.1, 0.15) is 6.61 Å². The van der Waals surface area contributed by atoms with Gasteiger partial charge in [-0.15, -0.1) is 0 Å². The van der Waals surface area contributed by atoms with E-state index in [2.05, 4.69) is 15.9 Å². The number of non-ortho nitro benzene ring substituents is 1. The molecule has 0 atom stereocenters. The predicted octanol–water partition coefficient (Wildman–Crippen LogP) is 4.37. The molecule has 0 heterocycles. The van der Waals surface area contributed by atoms with Crippen molar-refractivity contribution in [3.63, 3.8) is 0 Å². The molecule has 21 heavy (non-hydrogen) atoms. The summed E-state index contributed by atoms with van der Waals surface area (Å²) in [5.74, 6) is -0.709. The van der Waals surface area contributed by atoms with Crippen molar-refractivity contribution in [1.29, 1.82) is 0 Å². The van der Waals surface area contributed by atoms with Crippen LogP contribution in [0, 0.1) is 10.1 Å². The number of nitro benzene ring substituents is 1. The predicted molar refractivity (Wildman–Crippen MR) is 81.4 cm³/mol. The zero-order valence-corrected chi connectivity index (χ0v) is 12.9. The first-order valence-corrected chi connectivity index (χ1v) is 7.00. The Kier molecular flexibility index (Phi) is 4.93. The molecule has 0 saturated carbocycles. The fourth-order valence-corrected chi connectivity index (χ4v) is 2.21. The molecule has 0 aromatic heterocycles. The van der Waals surface area contributed by atoms with Gasteiger partial charge >= 0.3 is 5.97 Å². The van der Waals surface area contributed by atoms with E-state index in [-0.39, 0.29) is 22.9 Å². The number of carbonyl (C=O) groups excluding carboxylic acids is 1. The summed E-state index contributed by atoms with van der Waals surface area (Å²) in [6, 6.07) is 10.9. The van der Waals surface area contributed by atoms with Gasteiger partial charge in [-0.3, -0.25) is 10.1 Å². The second-order valence-electron chi connectivity index (χ2n) is 4.09. The van der Waals surface area contributed by atoms with E-state index in [0.717, 1.165) is 16.1 Å². The lowest BCUT2D eigenvalue weighted by atomic mass is 10.2. The van der Waals surface area contributed by atoms with Crippen molar-refractivity contribution >= 4 is 39.2 Å². The summed E-state index contributed by atoms with van der Waals surface area (Å²) in [7, 11) is 0. The minimum Gasteiger partial charge on any atom is -0.457 e. The van der Waals surface area contributed by atoms with Gasteiger partial charge in [0.15, 0.2) is 0 Å². The average molecular weight is 371 g/mol. The smallest absolute Gasteiger partial charge is 0.340 e. The normalized spacial score (nSPS) is 10.2. The summed E-state index contributed by atoms with van der Waals surface area (Å²) in [5, 5.41) is 10.8. The molecule has 2 rings (SSSR count). The highest BCUT2D eigenvalue weighted by Gasteiger charge is 2.17. The Hall–Kier alpha value is -1.92. The Morgan fingerprint density at radius 3 is 2.67 bits per heavy atom. The van der Waals surface area contributed by atoms with Crippen LogP contribution in [0.3, 0.4) is 0 Å². The second kappa shape index (κ2) is 6.69. The van der Waals surface area contributed by atoms with Crippen molar-refractivity contribution in [3.8, 4) is 0 Å². The highest BCUT2D eigenvalue weighted by molar-refractivity contribution is 9.10. The number of rotatable bonds is 4. The highest BCUT2D eigenvalue weighted by atomic mass is 79.9. The molecule has 0 aliphatic carbocycles. The van der Waals surface area contributed by atoms with Crippen LogP contribution < -0.4 is 0 Å². The minimum absolute atomic E-state index is 0.0297. The topological polar surface area (TPSA) is 69.4 Å². The zero-order chi connectivity index (χ0) is 15.4.